The highest BCUT2D eigenvalue weighted by Gasteiger charge is 2.28. The van der Waals surface area contributed by atoms with Crippen LogP contribution in [0.3, 0.4) is 0 Å². The Morgan fingerprint density at radius 1 is 1.29 bits per heavy atom. The van der Waals surface area contributed by atoms with Gasteiger partial charge >= 0.3 is 0 Å². The Labute approximate surface area is 100 Å². The van der Waals surface area contributed by atoms with Crippen LogP contribution in [-0.4, -0.2) is 22.6 Å². The molecule has 4 heteroatoms. The molecule has 1 unspecified atom stereocenters. The Kier molecular flexibility index (Phi) is 2.65. The fourth-order valence-electron chi connectivity index (χ4n) is 2.05. The van der Waals surface area contributed by atoms with Crippen molar-refractivity contribution in [1.29, 1.82) is 0 Å². The second-order valence-electron chi connectivity index (χ2n) is 4.62. The summed E-state index contributed by atoms with van der Waals surface area (Å²) in [4.78, 5) is 8.51. The molecule has 3 N–H and O–H groups in total. The monoisotopic (exact) mass is 228 g/mol. The van der Waals surface area contributed by atoms with Crippen molar-refractivity contribution >= 4 is 16.7 Å². The van der Waals surface area contributed by atoms with E-state index in [0.717, 1.165) is 23.3 Å². The van der Waals surface area contributed by atoms with Crippen LogP contribution in [0.1, 0.15) is 12.8 Å². The molecule has 0 amide bonds. The quantitative estimate of drug-likeness (QED) is 0.837. The third-order valence-electron chi connectivity index (χ3n) is 3.28. The summed E-state index contributed by atoms with van der Waals surface area (Å²) in [5, 5.41) is 4.39. The van der Waals surface area contributed by atoms with E-state index in [0.29, 0.717) is 5.92 Å². The van der Waals surface area contributed by atoms with Crippen LogP contribution in [0.4, 0.5) is 5.82 Å². The van der Waals surface area contributed by atoms with Gasteiger partial charge in [-0.05, 0) is 30.9 Å². The smallest absolute Gasteiger partial charge is 0.137 e. The second-order valence-corrected chi connectivity index (χ2v) is 4.62. The SMILES string of the molecule is NC(CNc1ncnc2ccccc12)C1CC1. The molecule has 17 heavy (non-hydrogen) atoms. The number of fused-ring (bicyclic) bond motifs is 1. The highest BCUT2D eigenvalue weighted by molar-refractivity contribution is 5.88. The molecule has 0 spiro atoms. The number of hydrogen-bond donors (Lipinski definition) is 2. The van der Waals surface area contributed by atoms with Gasteiger partial charge in [-0.3, -0.25) is 0 Å². The van der Waals surface area contributed by atoms with Crippen LogP contribution in [-0.2, 0) is 0 Å². The van der Waals surface area contributed by atoms with E-state index in [1.807, 2.05) is 24.3 Å². The number of para-hydroxylation sites is 1. The second kappa shape index (κ2) is 4.30. The predicted octanol–water partition coefficient (Wildman–Crippen LogP) is 1.78. The van der Waals surface area contributed by atoms with E-state index in [4.69, 9.17) is 5.73 Å². The Hall–Kier alpha value is -1.68. The summed E-state index contributed by atoms with van der Waals surface area (Å²) in [6.07, 6.45) is 4.13. The molecular formula is C13H16N4. The van der Waals surface area contributed by atoms with Gasteiger partial charge in [-0.1, -0.05) is 12.1 Å². The number of nitrogens with two attached hydrogens (primary N) is 1. The van der Waals surface area contributed by atoms with Gasteiger partial charge in [-0.25, -0.2) is 9.97 Å². The molecule has 0 aliphatic heterocycles. The molecule has 4 nitrogen and oxygen atoms in total. The summed E-state index contributed by atoms with van der Waals surface area (Å²) in [6, 6.07) is 8.24. The van der Waals surface area contributed by atoms with Gasteiger partial charge in [0.15, 0.2) is 0 Å². The van der Waals surface area contributed by atoms with Gasteiger partial charge in [0.2, 0.25) is 0 Å². The minimum atomic E-state index is 0.240. The highest BCUT2D eigenvalue weighted by Crippen LogP contribution is 2.31. The molecule has 0 bridgehead atoms. The predicted molar refractivity (Wildman–Crippen MR) is 68.7 cm³/mol. The third kappa shape index (κ3) is 2.22. The van der Waals surface area contributed by atoms with Crippen LogP contribution >= 0.6 is 0 Å². The summed E-state index contributed by atoms with van der Waals surface area (Å²) in [6.45, 7) is 0.783. The Morgan fingerprint density at radius 3 is 2.94 bits per heavy atom. The number of nitrogens with one attached hydrogen (secondary N) is 1. The number of nitrogens with zero attached hydrogens (tertiary/aromatic N) is 2. The number of aromatic nitrogens is 2. The van der Waals surface area contributed by atoms with Crippen molar-refractivity contribution in [3.05, 3.63) is 30.6 Å². The van der Waals surface area contributed by atoms with Crippen molar-refractivity contribution < 1.29 is 0 Å². The zero-order valence-corrected chi connectivity index (χ0v) is 9.63. The highest BCUT2D eigenvalue weighted by atomic mass is 15.0. The first-order chi connectivity index (χ1) is 8.34. The first-order valence-corrected chi connectivity index (χ1v) is 6.04. The molecule has 1 aliphatic rings. The standard InChI is InChI=1S/C13H16N4/c14-11(9-5-6-9)7-15-13-10-3-1-2-4-12(10)16-8-17-13/h1-4,8-9,11H,5-7,14H2,(H,15,16,17). The zero-order valence-electron chi connectivity index (χ0n) is 9.63. The Balaban J connectivity index is 1.79. The molecule has 1 aromatic heterocycles. The molecule has 1 fully saturated rings. The number of hydrogen-bond acceptors (Lipinski definition) is 4. The van der Waals surface area contributed by atoms with Gasteiger partial charge < -0.3 is 11.1 Å². The van der Waals surface area contributed by atoms with Crippen molar-refractivity contribution in [2.45, 2.75) is 18.9 Å². The fourth-order valence-corrected chi connectivity index (χ4v) is 2.05. The lowest BCUT2D eigenvalue weighted by molar-refractivity contribution is 0.620. The molecule has 1 heterocycles. The fraction of sp³-hybridized carbons (Fsp3) is 0.385. The van der Waals surface area contributed by atoms with Crippen molar-refractivity contribution in [3.8, 4) is 0 Å². The van der Waals surface area contributed by atoms with E-state index >= 15 is 0 Å². The van der Waals surface area contributed by atoms with Crippen molar-refractivity contribution in [2.75, 3.05) is 11.9 Å². The molecule has 0 radical (unpaired) electrons. The van der Waals surface area contributed by atoms with Gasteiger partial charge in [0.25, 0.3) is 0 Å². The summed E-state index contributed by atoms with van der Waals surface area (Å²) >= 11 is 0. The largest absolute Gasteiger partial charge is 0.368 e. The van der Waals surface area contributed by atoms with Crippen molar-refractivity contribution in [1.82, 2.24) is 9.97 Å². The lowest BCUT2D eigenvalue weighted by Gasteiger charge is -2.13. The van der Waals surface area contributed by atoms with Crippen LogP contribution < -0.4 is 11.1 Å². The zero-order chi connectivity index (χ0) is 11.7. The van der Waals surface area contributed by atoms with E-state index in [1.165, 1.54) is 12.8 Å². The van der Waals surface area contributed by atoms with Crippen LogP contribution in [0.15, 0.2) is 30.6 Å². The third-order valence-corrected chi connectivity index (χ3v) is 3.28. The van der Waals surface area contributed by atoms with Gasteiger partial charge in [-0.2, -0.15) is 0 Å². The minimum Gasteiger partial charge on any atom is -0.368 e. The molecule has 88 valence electrons. The lowest BCUT2D eigenvalue weighted by Crippen LogP contribution is -2.31. The molecule has 3 rings (SSSR count). The molecular weight excluding hydrogens is 212 g/mol. The van der Waals surface area contributed by atoms with Gasteiger partial charge in [0.1, 0.15) is 12.1 Å². The summed E-state index contributed by atoms with van der Waals surface area (Å²) in [5.74, 6) is 1.59. The van der Waals surface area contributed by atoms with Gasteiger partial charge in [0.05, 0.1) is 5.52 Å². The average Bonchev–Trinajstić information content (AvgIpc) is 3.20. The van der Waals surface area contributed by atoms with Crippen LogP contribution in [0, 0.1) is 5.92 Å². The minimum absolute atomic E-state index is 0.240. The van der Waals surface area contributed by atoms with E-state index in [2.05, 4.69) is 15.3 Å². The Bertz CT molecular complexity index is 516. The normalized spacial score (nSPS) is 17.0. The summed E-state index contributed by atoms with van der Waals surface area (Å²) in [5.41, 5.74) is 7.03. The number of rotatable bonds is 4. The van der Waals surface area contributed by atoms with E-state index in [1.54, 1.807) is 6.33 Å². The van der Waals surface area contributed by atoms with Gasteiger partial charge in [0, 0.05) is 18.0 Å². The van der Waals surface area contributed by atoms with E-state index in [-0.39, 0.29) is 6.04 Å². The maximum atomic E-state index is 6.06. The maximum Gasteiger partial charge on any atom is 0.137 e. The lowest BCUT2D eigenvalue weighted by atomic mass is 10.2. The number of benzene rings is 1. The van der Waals surface area contributed by atoms with Crippen LogP contribution in [0.25, 0.3) is 10.9 Å². The van der Waals surface area contributed by atoms with Crippen molar-refractivity contribution in [2.24, 2.45) is 11.7 Å². The van der Waals surface area contributed by atoms with Crippen molar-refractivity contribution in [3.63, 3.8) is 0 Å². The first-order valence-electron chi connectivity index (χ1n) is 6.04. The summed E-state index contributed by atoms with van der Waals surface area (Å²) < 4.78 is 0. The van der Waals surface area contributed by atoms with Gasteiger partial charge in [-0.15, -0.1) is 0 Å². The van der Waals surface area contributed by atoms with E-state index < -0.39 is 0 Å². The van der Waals surface area contributed by atoms with Crippen LogP contribution in [0.5, 0.6) is 0 Å². The van der Waals surface area contributed by atoms with Crippen LogP contribution in [0.2, 0.25) is 0 Å². The molecule has 1 atom stereocenters. The molecule has 1 aromatic carbocycles. The topological polar surface area (TPSA) is 63.8 Å². The average molecular weight is 228 g/mol. The maximum absolute atomic E-state index is 6.06. The number of anilines is 1. The molecule has 1 saturated carbocycles. The first kappa shape index (κ1) is 10.5. The molecule has 1 aliphatic carbocycles. The summed E-state index contributed by atoms with van der Waals surface area (Å²) in [7, 11) is 0. The Morgan fingerprint density at radius 2 is 2.12 bits per heavy atom. The molecule has 0 saturated heterocycles. The molecule has 2 aromatic rings. The van der Waals surface area contributed by atoms with E-state index in [9.17, 15) is 0 Å².